The Kier molecular flexibility index (Phi) is 6.01. The van der Waals surface area contributed by atoms with Gasteiger partial charge in [-0.1, -0.05) is 32.1 Å². The van der Waals surface area contributed by atoms with Crippen LogP contribution in [0.2, 0.25) is 0 Å². The lowest BCUT2D eigenvalue weighted by molar-refractivity contribution is 0.258. The van der Waals surface area contributed by atoms with Crippen LogP contribution in [0.15, 0.2) is 18.3 Å². The van der Waals surface area contributed by atoms with Gasteiger partial charge in [0.05, 0.1) is 12.1 Å². The first kappa shape index (κ1) is 14.9. The van der Waals surface area contributed by atoms with Crippen molar-refractivity contribution in [1.82, 2.24) is 9.88 Å². The highest BCUT2D eigenvalue weighted by molar-refractivity contribution is 7.80. The molecular formula is C13H21N3OS. The highest BCUT2D eigenvalue weighted by atomic mass is 32.1. The van der Waals surface area contributed by atoms with Crippen LogP contribution in [-0.4, -0.2) is 35.1 Å². The topological polar surface area (TPSA) is 51.4 Å². The van der Waals surface area contributed by atoms with Crippen molar-refractivity contribution in [3.05, 3.63) is 23.9 Å². The fraction of sp³-hybridized carbons (Fsp3) is 0.538. The molecule has 1 atom stereocenters. The summed E-state index contributed by atoms with van der Waals surface area (Å²) in [6.45, 7) is 6.75. The third-order valence-corrected chi connectivity index (χ3v) is 3.30. The van der Waals surface area contributed by atoms with Gasteiger partial charge in [-0.15, -0.1) is 0 Å². The lowest BCUT2D eigenvalue weighted by Gasteiger charge is -2.24. The summed E-state index contributed by atoms with van der Waals surface area (Å²) in [7, 11) is 1.64. The maximum absolute atomic E-state index is 5.66. The van der Waals surface area contributed by atoms with Crippen LogP contribution in [0.3, 0.4) is 0 Å². The zero-order chi connectivity index (χ0) is 13.5. The molecule has 1 aromatic rings. The van der Waals surface area contributed by atoms with E-state index < -0.39 is 0 Å². The number of nitrogens with two attached hydrogens (primary N) is 1. The van der Waals surface area contributed by atoms with Crippen molar-refractivity contribution in [2.24, 2.45) is 11.7 Å². The van der Waals surface area contributed by atoms with Crippen LogP contribution >= 0.6 is 12.2 Å². The Balaban J connectivity index is 2.70. The van der Waals surface area contributed by atoms with E-state index in [0.717, 1.165) is 25.2 Å². The van der Waals surface area contributed by atoms with E-state index in [1.54, 1.807) is 13.3 Å². The first-order valence-corrected chi connectivity index (χ1v) is 6.48. The average Bonchev–Trinajstić information content (AvgIpc) is 2.38. The van der Waals surface area contributed by atoms with Crippen LogP contribution < -0.4 is 10.5 Å². The Labute approximate surface area is 114 Å². The highest BCUT2D eigenvalue weighted by Gasteiger charge is 2.13. The quantitative estimate of drug-likeness (QED) is 0.764. The molecular weight excluding hydrogens is 246 g/mol. The smallest absolute Gasteiger partial charge is 0.217 e. The molecule has 18 heavy (non-hydrogen) atoms. The van der Waals surface area contributed by atoms with Gasteiger partial charge in [-0.3, -0.25) is 4.90 Å². The highest BCUT2D eigenvalue weighted by Crippen LogP contribution is 2.16. The Morgan fingerprint density at radius 3 is 2.89 bits per heavy atom. The van der Waals surface area contributed by atoms with Gasteiger partial charge in [-0.2, -0.15) is 0 Å². The minimum Gasteiger partial charge on any atom is -0.481 e. The summed E-state index contributed by atoms with van der Waals surface area (Å²) in [4.78, 5) is 7.04. The van der Waals surface area contributed by atoms with Crippen molar-refractivity contribution in [2.45, 2.75) is 20.4 Å². The van der Waals surface area contributed by atoms with E-state index in [1.807, 2.05) is 19.1 Å². The van der Waals surface area contributed by atoms with Gasteiger partial charge in [0.1, 0.15) is 0 Å². The first-order valence-electron chi connectivity index (χ1n) is 6.08. The fourth-order valence-electron chi connectivity index (χ4n) is 1.75. The third-order valence-electron chi connectivity index (χ3n) is 2.90. The second-order valence-electron chi connectivity index (χ2n) is 4.30. The normalized spacial score (nSPS) is 12.4. The van der Waals surface area contributed by atoms with E-state index in [-0.39, 0.29) is 5.92 Å². The van der Waals surface area contributed by atoms with Crippen LogP contribution in [0.4, 0.5) is 0 Å². The molecule has 0 fully saturated rings. The molecule has 1 unspecified atom stereocenters. The monoisotopic (exact) mass is 267 g/mol. The molecule has 1 aromatic heterocycles. The number of thiocarbonyl (C=S) groups is 1. The van der Waals surface area contributed by atoms with Gasteiger partial charge < -0.3 is 10.5 Å². The van der Waals surface area contributed by atoms with E-state index in [4.69, 9.17) is 22.7 Å². The molecule has 0 aromatic carbocycles. The number of methoxy groups -OCH3 is 1. The summed E-state index contributed by atoms with van der Waals surface area (Å²) in [6, 6.07) is 3.95. The van der Waals surface area contributed by atoms with E-state index in [1.165, 1.54) is 0 Å². The molecule has 0 aliphatic carbocycles. The molecule has 0 saturated heterocycles. The standard InChI is InChI=1S/C13H21N3OS/c1-4-16(8-10(2)12(14)18)9-11-6-5-7-15-13(11)17-3/h5-7,10H,4,8-9H2,1-3H3,(H2,14,18). The number of hydrogen-bond donors (Lipinski definition) is 1. The molecule has 0 aliphatic heterocycles. The molecule has 0 aliphatic rings. The number of nitrogens with zero attached hydrogens (tertiary/aromatic N) is 2. The van der Waals surface area contributed by atoms with Gasteiger partial charge in [0.25, 0.3) is 0 Å². The first-order chi connectivity index (χ1) is 8.58. The van der Waals surface area contributed by atoms with Gasteiger partial charge in [0, 0.05) is 30.8 Å². The Morgan fingerprint density at radius 1 is 1.61 bits per heavy atom. The second kappa shape index (κ2) is 7.28. The summed E-state index contributed by atoms with van der Waals surface area (Å²) in [6.07, 6.45) is 1.73. The van der Waals surface area contributed by atoms with E-state index in [0.29, 0.717) is 10.9 Å². The Hall–Kier alpha value is -1.20. The number of pyridine rings is 1. The lowest BCUT2D eigenvalue weighted by atomic mass is 10.1. The molecule has 0 amide bonds. The number of ether oxygens (including phenoxy) is 1. The van der Waals surface area contributed by atoms with Crippen molar-refractivity contribution < 1.29 is 4.74 Å². The van der Waals surface area contributed by atoms with E-state index >= 15 is 0 Å². The molecule has 0 radical (unpaired) electrons. The Bertz CT molecular complexity index is 398. The predicted molar refractivity (Wildman–Crippen MR) is 77.7 cm³/mol. The summed E-state index contributed by atoms with van der Waals surface area (Å²) in [5.41, 5.74) is 6.74. The number of rotatable bonds is 7. The molecule has 1 heterocycles. The van der Waals surface area contributed by atoms with E-state index in [9.17, 15) is 0 Å². The lowest BCUT2D eigenvalue weighted by Crippen LogP contribution is -2.33. The summed E-state index contributed by atoms with van der Waals surface area (Å²) < 4.78 is 5.25. The molecule has 5 heteroatoms. The van der Waals surface area contributed by atoms with Crippen molar-refractivity contribution in [2.75, 3.05) is 20.2 Å². The zero-order valence-electron chi connectivity index (χ0n) is 11.2. The van der Waals surface area contributed by atoms with Crippen LogP contribution in [0, 0.1) is 5.92 Å². The van der Waals surface area contributed by atoms with Crippen LogP contribution in [0.25, 0.3) is 0 Å². The molecule has 0 spiro atoms. The van der Waals surface area contributed by atoms with Crippen molar-refractivity contribution in [3.8, 4) is 5.88 Å². The summed E-state index contributed by atoms with van der Waals surface area (Å²) in [5.74, 6) is 0.890. The molecule has 4 nitrogen and oxygen atoms in total. The molecule has 0 bridgehead atoms. The van der Waals surface area contributed by atoms with Gasteiger partial charge in [0.15, 0.2) is 0 Å². The van der Waals surface area contributed by atoms with Crippen molar-refractivity contribution in [3.63, 3.8) is 0 Å². The molecule has 1 rings (SSSR count). The van der Waals surface area contributed by atoms with Gasteiger partial charge in [-0.25, -0.2) is 4.98 Å². The maximum atomic E-state index is 5.66. The molecule has 100 valence electrons. The summed E-state index contributed by atoms with van der Waals surface area (Å²) in [5, 5.41) is 0. The third kappa shape index (κ3) is 4.23. The van der Waals surface area contributed by atoms with E-state index in [2.05, 4.69) is 16.8 Å². The second-order valence-corrected chi connectivity index (χ2v) is 4.77. The molecule has 2 N–H and O–H groups in total. The zero-order valence-corrected chi connectivity index (χ0v) is 12.0. The average molecular weight is 267 g/mol. The maximum Gasteiger partial charge on any atom is 0.217 e. The van der Waals surface area contributed by atoms with Crippen molar-refractivity contribution >= 4 is 17.2 Å². The van der Waals surface area contributed by atoms with Crippen molar-refractivity contribution in [1.29, 1.82) is 0 Å². The van der Waals surface area contributed by atoms with Gasteiger partial charge in [0.2, 0.25) is 5.88 Å². The SMILES string of the molecule is CCN(Cc1cccnc1OC)CC(C)C(N)=S. The minimum absolute atomic E-state index is 0.211. The number of aromatic nitrogens is 1. The fourth-order valence-corrected chi connectivity index (χ4v) is 1.83. The number of hydrogen-bond acceptors (Lipinski definition) is 4. The Morgan fingerprint density at radius 2 is 2.33 bits per heavy atom. The van der Waals surface area contributed by atoms with Crippen LogP contribution in [-0.2, 0) is 6.54 Å². The van der Waals surface area contributed by atoms with Gasteiger partial charge in [-0.05, 0) is 12.6 Å². The van der Waals surface area contributed by atoms with Crippen LogP contribution in [0.1, 0.15) is 19.4 Å². The largest absolute Gasteiger partial charge is 0.481 e. The van der Waals surface area contributed by atoms with Crippen LogP contribution in [0.5, 0.6) is 5.88 Å². The molecule has 0 saturated carbocycles. The minimum atomic E-state index is 0.211. The summed E-state index contributed by atoms with van der Waals surface area (Å²) >= 11 is 5.01. The van der Waals surface area contributed by atoms with Gasteiger partial charge >= 0.3 is 0 Å². The predicted octanol–water partition coefficient (Wildman–Crippen LogP) is 1.83.